The van der Waals surface area contributed by atoms with Gasteiger partial charge in [-0.3, -0.25) is 9.69 Å². The highest BCUT2D eigenvalue weighted by Crippen LogP contribution is 2.11. The minimum atomic E-state index is -0.786. The largest absolute Gasteiger partial charge is 0.480 e. The van der Waals surface area contributed by atoms with Gasteiger partial charge in [-0.2, -0.15) is 0 Å². The van der Waals surface area contributed by atoms with Crippen LogP contribution in [-0.2, 0) is 11.3 Å². The Morgan fingerprint density at radius 1 is 1.71 bits per heavy atom. The van der Waals surface area contributed by atoms with Gasteiger partial charge in [0.05, 0.1) is 0 Å². The van der Waals surface area contributed by atoms with E-state index in [1.54, 1.807) is 6.20 Å². The van der Waals surface area contributed by atoms with Gasteiger partial charge >= 0.3 is 5.97 Å². The van der Waals surface area contributed by atoms with Crippen molar-refractivity contribution in [2.24, 2.45) is 0 Å². The molecule has 1 aliphatic rings. The molecule has 5 nitrogen and oxygen atoms in total. The number of nitrogens with one attached hydrogen (secondary N) is 1. The van der Waals surface area contributed by atoms with Crippen LogP contribution in [0.5, 0.6) is 0 Å². The molecule has 1 aliphatic heterocycles. The first-order chi connectivity index (χ1) is 8.15. The molecule has 0 spiro atoms. The molecule has 6 heteroatoms. The highest BCUT2D eigenvalue weighted by atomic mass is 79.9. The molecule has 1 aromatic rings. The number of aliphatic carboxylic acids is 1. The summed E-state index contributed by atoms with van der Waals surface area (Å²) < 4.78 is 0.805. The average molecular weight is 300 g/mol. The van der Waals surface area contributed by atoms with E-state index in [0.717, 1.165) is 23.3 Å². The maximum Gasteiger partial charge on any atom is 0.322 e. The summed E-state index contributed by atoms with van der Waals surface area (Å²) in [7, 11) is 0. The van der Waals surface area contributed by atoms with Crippen molar-refractivity contribution < 1.29 is 9.90 Å². The molecule has 0 radical (unpaired) electrons. The monoisotopic (exact) mass is 299 g/mol. The first-order valence-electron chi connectivity index (χ1n) is 5.44. The summed E-state index contributed by atoms with van der Waals surface area (Å²) in [6, 6.07) is 3.44. The zero-order chi connectivity index (χ0) is 12.3. The second-order valence-electron chi connectivity index (χ2n) is 4.07. The Hall–Kier alpha value is -0.980. The quantitative estimate of drug-likeness (QED) is 0.805. The molecule has 0 aromatic carbocycles. The summed E-state index contributed by atoms with van der Waals surface area (Å²) in [5.41, 5.74) is 1.14. The summed E-state index contributed by atoms with van der Waals surface area (Å²) in [6.45, 7) is 2.87. The van der Waals surface area contributed by atoms with Crippen LogP contribution in [-0.4, -0.2) is 46.6 Å². The number of rotatable bonds is 3. The van der Waals surface area contributed by atoms with E-state index in [0.29, 0.717) is 13.1 Å². The predicted octanol–water partition coefficient (Wildman–Crippen LogP) is 0.702. The first-order valence-corrected chi connectivity index (χ1v) is 6.23. The van der Waals surface area contributed by atoms with Crippen LogP contribution in [0.1, 0.15) is 5.56 Å². The van der Waals surface area contributed by atoms with Gasteiger partial charge in [-0.05, 0) is 33.6 Å². The van der Waals surface area contributed by atoms with Crippen LogP contribution in [0.4, 0.5) is 0 Å². The number of piperazine rings is 1. The third kappa shape index (κ3) is 3.49. The third-order valence-corrected chi connectivity index (χ3v) is 3.19. The molecule has 1 aromatic heterocycles. The second-order valence-corrected chi connectivity index (χ2v) is 4.88. The molecule has 0 amide bonds. The topological polar surface area (TPSA) is 65.5 Å². The highest BCUT2D eigenvalue weighted by molar-refractivity contribution is 9.10. The molecule has 2 N–H and O–H groups in total. The van der Waals surface area contributed by atoms with Gasteiger partial charge in [-0.1, -0.05) is 0 Å². The number of halogens is 1. The van der Waals surface area contributed by atoms with Crippen LogP contribution in [0.3, 0.4) is 0 Å². The number of aromatic nitrogens is 1. The summed E-state index contributed by atoms with van der Waals surface area (Å²) in [5.74, 6) is -0.786. The number of pyridine rings is 1. The molecule has 1 fully saturated rings. The van der Waals surface area contributed by atoms with E-state index in [9.17, 15) is 4.79 Å². The maximum absolute atomic E-state index is 10.9. The summed E-state index contributed by atoms with van der Waals surface area (Å²) in [5, 5.41) is 11.9. The Morgan fingerprint density at radius 3 is 3.24 bits per heavy atom. The van der Waals surface area contributed by atoms with E-state index in [1.807, 2.05) is 12.1 Å². The second kappa shape index (κ2) is 5.57. The number of nitrogens with zero attached hydrogens (tertiary/aromatic N) is 2. The fourth-order valence-corrected chi connectivity index (χ4v) is 2.33. The molecule has 0 unspecified atom stereocenters. The number of hydrogen-bond acceptors (Lipinski definition) is 4. The van der Waals surface area contributed by atoms with E-state index in [1.165, 1.54) is 0 Å². The van der Waals surface area contributed by atoms with Crippen molar-refractivity contribution in [3.05, 3.63) is 28.5 Å². The molecule has 2 rings (SSSR count). The van der Waals surface area contributed by atoms with Gasteiger partial charge in [0.1, 0.15) is 10.6 Å². The molecule has 0 saturated carbocycles. The van der Waals surface area contributed by atoms with Crippen LogP contribution in [0.25, 0.3) is 0 Å². The summed E-state index contributed by atoms with van der Waals surface area (Å²) in [6.07, 6.45) is 1.75. The maximum atomic E-state index is 10.9. The molecule has 92 valence electrons. The number of carbonyl (C=O) groups is 1. The molecule has 0 bridgehead atoms. The Labute approximate surface area is 108 Å². The van der Waals surface area contributed by atoms with Gasteiger partial charge < -0.3 is 10.4 Å². The number of carboxylic acids is 1. The lowest BCUT2D eigenvalue weighted by atomic mass is 10.2. The van der Waals surface area contributed by atoms with Crippen LogP contribution >= 0.6 is 15.9 Å². The van der Waals surface area contributed by atoms with Crippen molar-refractivity contribution in [2.75, 3.05) is 19.6 Å². The van der Waals surface area contributed by atoms with E-state index < -0.39 is 12.0 Å². The van der Waals surface area contributed by atoms with E-state index in [4.69, 9.17) is 5.11 Å². The lowest BCUT2D eigenvalue weighted by molar-refractivity contribution is -0.140. The SMILES string of the molecule is O=C(O)[C@@H]1CN(Cc2ccnc(Br)c2)CCN1. The van der Waals surface area contributed by atoms with Crippen LogP contribution < -0.4 is 5.32 Å². The van der Waals surface area contributed by atoms with E-state index in [-0.39, 0.29) is 0 Å². The predicted molar refractivity (Wildman–Crippen MR) is 66.6 cm³/mol. The molecule has 2 heterocycles. The minimum Gasteiger partial charge on any atom is -0.480 e. The van der Waals surface area contributed by atoms with Crippen molar-refractivity contribution >= 4 is 21.9 Å². The normalized spacial score (nSPS) is 21.4. The lowest BCUT2D eigenvalue weighted by Gasteiger charge is -2.31. The van der Waals surface area contributed by atoms with Gasteiger partial charge in [0.25, 0.3) is 0 Å². The smallest absolute Gasteiger partial charge is 0.322 e. The minimum absolute atomic E-state index is 0.464. The molecule has 1 saturated heterocycles. The molecule has 0 aliphatic carbocycles. The Bertz CT molecular complexity index is 413. The molecule has 17 heavy (non-hydrogen) atoms. The number of carboxylic acid groups (broad SMARTS) is 1. The molecular formula is C11H14BrN3O2. The Morgan fingerprint density at radius 2 is 2.53 bits per heavy atom. The Kier molecular flexibility index (Phi) is 4.09. The first kappa shape index (κ1) is 12.5. The van der Waals surface area contributed by atoms with Crippen LogP contribution in [0, 0.1) is 0 Å². The van der Waals surface area contributed by atoms with Gasteiger partial charge in [0.2, 0.25) is 0 Å². The molecule has 1 atom stereocenters. The average Bonchev–Trinajstić information content (AvgIpc) is 2.29. The van der Waals surface area contributed by atoms with Gasteiger partial charge in [-0.15, -0.1) is 0 Å². The van der Waals surface area contributed by atoms with Crippen LogP contribution in [0.2, 0.25) is 0 Å². The fourth-order valence-electron chi connectivity index (χ4n) is 1.92. The third-order valence-electron chi connectivity index (χ3n) is 2.75. The van der Waals surface area contributed by atoms with Crippen molar-refractivity contribution in [1.82, 2.24) is 15.2 Å². The van der Waals surface area contributed by atoms with E-state index in [2.05, 4.69) is 31.1 Å². The van der Waals surface area contributed by atoms with Gasteiger partial charge in [0.15, 0.2) is 0 Å². The summed E-state index contributed by atoms with van der Waals surface area (Å²) in [4.78, 5) is 17.1. The van der Waals surface area contributed by atoms with Crippen molar-refractivity contribution in [1.29, 1.82) is 0 Å². The van der Waals surface area contributed by atoms with Gasteiger partial charge in [0, 0.05) is 32.4 Å². The number of hydrogen-bond donors (Lipinski definition) is 2. The van der Waals surface area contributed by atoms with Gasteiger partial charge in [-0.25, -0.2) is 4.98 Å². The van der Waals surface area contributed by atoms with Crippen LogP contribution in [0.15, 0.2) is 22.9 Å². The highest BCUT2D eigenvalue weighted by Gasteiger charge is 2.24. The summed E-state index contributed by atoms with van der Waals surface area (Å²) >= 11 is 3.33. The van der Waals surface area contributed by atoms with Crippen molar-refractivity contribution in [3.63, 3.8) is 0 Å². The zero-order valence-corrected chi connectivity index (χ0v) is 10.9. The van der Waals surface area contributed by atoms with E-state index >= 15 is 0 Å². The van der Waals surface area contributed by atoms with Crippen molar-refractivity contribution in [2.45, 2.75) is 12.6 Å². The standard InChI is InChI=1S/C11H14BrN3O2/c12-10-5-8(1-2-14-10)6-15-4-3-13-9(7-15)11(16)17/h1-2,5,9,13H,3-4,6-7H2,(H,16,17)/t9-/m0/s1. The zero-order valence-electron chi connectivity index (χ0n) is 9.27. The molecular weight excluding hydrogens is 286 g/mol. The Balaban J connectivity index is 1.97. The lowest BCUT2D eigenvalue weighted by Crippen LogP contribution is -2.53. The van der Waals surface area contributed by atoms with Crippen molar-refractivity contribution in [3.8, 4) is 0 Å². The fraction of sp³-hybridized carbons (Fsp3) is 0.455.